The molecule has 6 heteroatoms. The van der Waals surface area contributed by atoms with E-state index in [0.29, 0.717) is 23.2 Å². The number of hydrogen-bond acceptors (Lipinski definition) is 3. The van der Waals surface area contributed by atoms with E-state index in [2.05, 4.69) is 22.3 Å². The van der Waals surface area contributed by atoms with Crippen molar-refractivity contribution in [3.05, 3.63) is 65.2 Å². The smallest absolute Gasteiger partial charge is 0.288 e. The number of nitrogens with one attached hydrogen (secondary N) is 1. The Morgan fingerprint density at radius 1 is 1.04 bits per heavy atom. The predicted molar refractivity (Wildman–Crippen MR) is 100 cm³/mol. The molecule has 1 N–H and O–H groups in total. The summed E-state index contributed by atoms with van der Waals surface area (Å²) >= 11 is 0.393. The van der Waals surface area contributed by atoms with Gasteiger partial charge in [0, 0.05) is 18.0 Å². The van der Waals surface area contributed by atoms with Crippen LogP contribution in [0.15, 0.2) is 53.4 Å². The summed E-state index contributed by atoms with van der Waals surface area (Å²) in [7, 11) is 0. The Hall–Kier alpha value is -1.92. The molecule has 1 heterocycles. The average Bonchev–Trinajstić information content (AvgIpc) is 3.14. The van der Waals surface area contributed by atoms with Gasteiger partial charge < -0.3 is 5.32 Å². The van der Waals surface area contributed by atoms with Crippen molar-refractivity contribution in [3.8, 4) is 0 Å². The van der Waals surface area contributed by atoms with Gasteiger partial charge in [-0.15, -0.1) is 0 Å². The molecule has 26 heavy (non-hydrogen) atoms. The lowest BCUT2D eigenvalue weighted by molar-refractivity contribution is 0.0948. The van der Waals surface area contributed by atoms with Crippen LogP contribution in [0.5, 0.6) is 0 Å². The molecule has 0 spiro atoms. The van der Waals surface area contributed by atoms with Crippen LogP contribution < -0.4 is 5.32 Å². The standard InChI is InChI=1S/C20H22F2N2OS/c21-20(22)26-18-6-2-1-5-17(18)19(25)23-13-15-7-9-16(10-8-15)14-24-11-3-4-12-24/h1-2,5-10,20H,3-4,11-14H2,(H,23,25). The van der Waals surface area contributed by atoms with Crippen LogP contribution in [0.3, 0.4) is 0 Å². The number of benzene rings is 2. The molecule has 0 radical (unpaired) electrons. The third kappa shape index (κ3) is 5.29. The summed E-state index contributed by atoms with van der Waals surface area (Å²) in [5.41, 5.74) is 2.53. The lowest BCUT2D eigenvalue weighted by atomic mass is 10.1. The van der Waals surface area contributed by atoms with Gasteiger partial charge in [-0.1, -0.05) is 48.2 Å². The fourth-order valence-corrected chi connectivity index (χ4v) is 3.73. The van der Waals surface area contributed by atoms with Crippen LogP contribution in [0.4, 0.5) is 8.78 Å². The normalized spacial score (nSPS) is 14.7. The monoisotopic (exact) mass is 376 g/mol. The highest BCUT2D eigenvalue weighted by Crippen LogP contribution is 2.28. The first kappa shape index (κ1) is 18.9. The number of likely N-dealkylation sites (tertiary alicyclic amines) is 1. The zero-order valence-electron chi connectivity index (χ0n) is 14.5. The van der Waals surface area contributed by atoms with E-state index >= 15 is 0 Å². The van der Waals surface area contributed by atoms with Crippen molar-refractivity contribution in [1.82, 2.24) is 10.2 Å². The maximum Gasteiger partial charge on any atom is 0.288 e. The number of alkyl halides is 2. The minimum atomic E-state index is -2.55. The molecule has 1 amide bonds. The highest BCUT2D eigenvalue weighted by atomic mass is 32.2. The number of nitrogens with zero attached hydrogens (tertiary/aromatic N) is 1. The molecule has 138 valence electrons. The summed E-state index contributed by atoms with van der Waals surface area (Å²) in [6.07, 6.45) is 2.55. The van der Waals surface area contributed by atoms with Gasteiger partial charge in [0.05, 0.1) is 5.56 Å². The quantitative estimate of drug-likeness (QED) is 0.721. The molecular formula is C20H22F2N2OS. The summed E-state index contributed by atoms with van der Waals surface area (Å²) in [6.45, 7) is 3.66. The molecule has 3 nitrogen and oxygen atoms in total. The first-order valence-corrected chi connectivity index (χ1v) is 9.62. The Labute approximate surface area is 156 Å². The van der Waals surface area contributed by atoms with Crippen LogP contribution >= 0.6 is 11.8 Å². The fraction of sp³-hybridized carbons (Fsp3) is 0.350. The van der Waals surface area contributed by atoms with Crippen LogP contribution in [0.25, 0.3) is 0 Å². The first-order valence-electron chi connectivity index (χ1n) is 8.74. The summed E-state index contributed by atoms with van der Waals surface area (Å²) in [5, 5.41) is 2.81. The van der Waals surface area contributed by atoms with Crippen molar-refractivity contribution in [2.75, 3.05) is 13.1 Å². The fourth-order valence-electron chi connectivity index (χ4n) is 3.09. The summed E-state index contributed by atoms with van der Waals surface area (Å²) < 4.78 is 25.3. The molecule has 2 aromatic rings. The molecule has 1 saturated heterocycles. The maximum absolute atomic E-state index is 12.6. The largest absolute Gasteiger partial charge is 0.348 e. The van der Waals surface area contributed by atoms with Gasteiger partial charge in [0.25, 0.3) is 11.7 Å². The van der Waals surface area contributed by atoms with Crippen LogP contribution in [0.2, 0.25) is 0 Å². The van der Waals surface area contributed by atoms with Gasteiger partial charge in [0.1, 0.15) is 0 Å². The van der Waals surface area contributed by atoms with Crippen LogP contribution in [0.1, 0.15) is 34.3 Å². The Morgan fingerprint density at radius 3 is 2.38 bits per heavy atom. The van der Waals surface area contributed by atoms with E-state index in [1.165, 1.54) is 18.4 Å². The van der Waals surface area contributed by atoms with Crippen molar-refractivity contribution < 1.29 is 13.6 Å². The molecule has 2 aromatic carbocycles. The number of hydrogen-bond donors (Lipinski definition) is 1. The molecule has 0 unspecified atom stereocenters. The van der Waals surface area contributed by atoms with Crippen LogP contribution in [0, 0.1) is 0 Å². The molecule has 0 bridgehead atoms. The number of halogens is 2. The average molecular weight is 376 g/mol. The van der Waals surface area contributed by atoms with Gasteiger partial charge in [-0.05, 0) is 49.2 Å². The lowest BCUT2D eigenvalue weighted by Gasteiger charge is -2.15. The Kier molecular flexibility index (Phi) is 6.63. The van der Waals surface area contributed by atoms with Gasteiger partial charge in [-0.25, -0.2) is 0 Å². The van der Waals surface area contributed by atoms with Crippen molar-refractivity contribution in [3.63, 3.8) is 0 Å². The number of rotatable bonds is 7. The molecule has 1 aliphatic rings. The molecular weight excluding hydrogens is 354 g/mol. The van der Waals surface area contributed by atoms with Gasteiger partial charge in [-0.2, -0.15) is 8.78 Å². The third-order valence-corrected chi connectivity index (χ3v) is 5.22. The van der Waals surface area contributed by atoms with Gasteiger partial charge in [0.2, 0.25) is 0 Å². The number of carbonyl (C=O) groups excluding carboxylic acids is 1. The van der Waals surface area contributed by atoms with E-state index in [0.717, 1.165) is 25.2 Å². The van der Waals surface area contributed by atoms with Crippen LogP contribution in [-0.2, 0) is 13.1 Å². The second-order valence-electron chi connectivity index (χ2n) is 6.36. The molecule has 1 fully saturated rings. The highest BCUT2D eigenvalue weighted by Gasteiger charge is 2.15. The van der Waals surface area contributed by atoms with E-state index in [-0.39, 0.29) is 11.5 Å². The van der Waals surface area contributed by atoms with E-state index in [4.69, 9.17) is 0 Å². The SMILES string of the molecule is O=C(NCc1ccc(CN2CCCC2)cc1)c1ccccc1SC(F)F. The molecule has 0 aliphatic carbocycles. The van der Waals surface area contributed by atoms with Crippen molar-refractivity contribution in [2.45, 2.75) is 36.6 Å². The second-order valence-corrected chi connectivity index (χ2v) is 7.39. The van der Waals surface area contributed by atoms with Crippen molar-refractivity contribution >= 4 is 17.7 Å². The first-order chi connectivity index (χ1) is 12.6. The molecule has 0 saturated carbocycles. The second kappa shape index (κ2) is 9.14. The summed E-state index contributed by atoms with van der Waals surface area (Å²) in [5.74, 6) is -2.89. The summed E-state index contributed by atoms with van der Waals surface area (Å²) in [4.78, 5) is 15.1. The van der Waals surface area contributed by atoms with Crippen molar-refractivity contribution in [1.29, 1.82) is 0 Å². The van der Waals surface area contributed by atoms with E-state index in [1.54, 1.807) is 24.3 Å². The van der Waals surface area contributed by atoms with Crippen LogP contribution in [-0.4, -0.2) is 29.7 Å². The zero-order chi connectivity index (χ0) is 18.4. The third-order valence-electron chi connectivity index (χ3n) is 4.43. The molecule has 0 atom stereocenters. The molecule has 3 rings (SSSR count). The van der Waals surface area contributed by atoms with Gasteiger partial charge in [0.15, 0.2) is 0 Å². The maximum atomic E-state index is 12.6. The number of carbonyl (C=O) groups is 1. The van der Waals surface area contributed by atoms with Gasteiger partial charge in [-0.3, -0.25) is 9.69 Å². The Bertz CT molecular complexity index is 731. The van der Waals surface area contributed by atoms with Crippen molar-refractivity contribution in [2.24, 2.45) is 0 Å². The minimum absolute atomic E-state index is 0.281. The van der Waals surface area contributed by atoms with E-state index in [9.17, 15) is 13.6 Å². The number of thioether (sulfide) groups is 1. The topological polar surface area (TPSA) is 32.3 Å². The zero-order valence-corrected chi connectivity index (χ0v) is 15.3. The Balaban J connectivity index is 1.56. The predicted octanol–water partition coefficient (Wildman–Crippen LogP) is 4.53. The highest BCUT2D eigenvalue weighted by molar-refractivity contribution is 7.99. The summed E-state index contributed by atoms with van der Waals surface area (Å²) in [6, 6.07) is 14.6. The Morgan fingerprint density at radius 2 is 1.69 bits per heavy atom. The molecule has 1 aliphatic heterocycles. The van der Waals surface area contributed by atoms with E-state index in [1.807, 2.05) is 12.1 Å². The number of amides is 1. The van der Waals surface area contributed by atoms with E-state index < -0.39 is 5.76 Å². The lowest BCUT2D eigenvalue weighted by Crippen LogP contribution is -2.23. The minimum Gasteiger partial charge on any atom is -0.348 e. The molecule has 0 aromatic heterocycles. The van der Waals surface area contributed by atoms with Gasteiger partial charge >= 0.3 is 0 Å².